The van der Waals surface area contributed by atoms with Gasteiger partial charge in [0.25, 0.3) is 0 Å². The van der Waals surface area contributed by atoms with Crippen LogP contribution in [0.4, 0.5) is 17.6 Å². The molecule has 3 nitrogen and oxygen atoms in total. The molecule has 0 saturated carbocycles. The molecule has 1 aromatic heterocycles. The van der Waals surface area contributed by atoms with Crippen LogP contribution in [-0.4, -0.2) is 10.2 Å². The molecule has 3 rings (SSSR count). The van der Waals surface area contributed by atoms with Gasteiger partial charge in [-0.3, -0.25) is 0 Å². The smallest absolute Gasteiger partial charge is 0.416 e. The van der Waals surface area contributed by atoms with Crippen molar-refractivity contribution in [3.05, 3.63) is 81.8 Å². The fourth-order valence-electron chi connectivity index (χ4n) is 2.24. The maximum absolute atomic E-state index is 13.0. The summed E-state index contributed by atoms with van der Waals surface area (Å²) in [5.74, 6) is -0.116. The zero-order valence-electron chi connectivity index (χ0n) is 13.1. The molecule has 0 N–H and O–H groups in total. The molecule has 0 radical (unpaired) electrons. The second kappa shape index (κ2) is 7.29. The highest BCUT2D eigenvalue weighted by Gasteiger charge is 2.30. The average molecular weight is 383 g/mol. The minimum absolute atomic E-state index is 0.0715. The molecule has 134 valence electrons. The molecule has 26 heavy (non-hydrogen) atoms. The van der Waals surface area contributed by atoms with Gasteiger partial charge in [-0.1, -0.05) is 35.9 Å². The van der Waals surface area contributed by atoms with E-state index in [1.807, 2.05) is 0 Å². The highest BCUT2D eigenvalue weighted by Crippen LogP contribution is 2.30. The van der Waals surface area contributed by atoms with Crippen LogP contribution in [0.3, 0.4) is 0 Å². The maximum Gasteiger partial charge on any atom is 0.416 e. The lowest BCUT2D eigenvalue weighted by atomic mass is 10.1. The summed E-state index contributed by atoms with van der Waals surface area (Å²) in [5, 5.41) is 7.84. The molecule has 0 aliphatic carbocycles. The number of hydrogen-bond donors (Lipinski definition) is 0. The van der Waals surface area contributed by atoms with Gasteiger partial charge in [0.2, 0.25) is 11.8 Å². The van der Waals surface area contributed by atoms with E-state index in [9.17, 15) is 17.6 Å². The molecule has 0 fully saturated rings. The Balaban J connectivity index is 1.73. The first-order valence-corrected chi connectivity index (χ1v) is 7.81. The Morgan fingerprint density at radius 3 is 2.58 bits per heavy atom. The standard InChI is InChI=1S/C18H11ClF4N2O/c19-15-10-14(20)6-4-12(15)5-7-16-24-25-17(26-16)9-11-2-1-3-13(8-11)18(21,22)23/h1-8,10H,9H2/b7-5+. The molecule has 8 heteroatoms. The summed E-state index contributed by atoms with van der Waals surface area (Å²) in [4.78, 5) is 0. The summed E-state index contributed by atoms with van der Waals surface area (Å²) in [5.41, 5.74) is 0.229. The third kappa shape index (κ3) is 4.49. The zero-order chi connectivity index (χ0) is 18.7. The Morgan fingerprint density at radius 2 is 1.85 bits per heavy atom. The Morgan fingerprint density at radius 1 is 1.04 bits per heavy atom. The van der Waals surface area contributed by atoms with E-state index in [-0.39, 0.29) is 23.2 Å². The summed E-state index contributed by atoms with van der Waals surface area (Å²) >= 11 is 5.91. The van der Waals surface area contributed by atoms with Crippen molar-refractivity contribution in [3.63, 3.8) is 0 Å². The van der Waals surface area contributed by atoms with Gasteiger partial charge >= 0.3 is 6.18 Å². The van der Waals surface area contributed by atoms with Gasteiger partial charge in [0.05, 0.1) is 17.0 Å². The van der Waals surface area contributed by atoms with Gasteiger partial charge in [-0.15, -0.1) is 10.2 Å². The molecular weight excluding hydrogens is 372 g/mol. The van der Waals surface area contributed by atoms with Gasteiger partial charge in [0, 0.05) is 6.08 Å². The van der Waals surface area contributed by atoms with Crippen LogP contribution in [-0.2, 0) is 12.6 Å². The van der Waals surface area contributed by atoms with Gasteiger partial charge < -0.3 is 4.42 Å². The van der Waals surface area contributed by atoms with Crippen LogP contribution in [0.1, 0.15) is 28.5 Å². The van der Waals surface area contributed by atoms with Gasteiger partial charge in [-0.05, 0) is 35.4 Å². The number of nitrogens with zero attached hydrogens (tertiary/aromatic N) is 2. The second-order valence-corrected chi connectivity index (χ2v) is 5.82. The van der Waals surface area contributed by atoms with Crippen LogP contribution in [0.2, 0.25) is 5.02 Å². The third-order valence-corrected chi connectivity index (χ3v) is 3.79. The lowest BCUT2D eigenvalue weighted by Crippen LogP contribution is -2.05. The fraction of sp³-hybridized carbons (Fsp3) is 0.111. The van der Waals surface area contributed by atoms with E-state index in [2.05, 4.69) is 10.2 Å². The molecule has 0 unspecified atom stereocenters. The van der Waals surface area contributed by atoms with E-state index in [4.69, 9.17) is 16.0 Å². The topological polar surface area (TPSA) is 38.9 Å². The molecule has 2 aromatic carbocycles. The first kappa shape index (κ1) is 18.1. The third-order valence-electron chi connectivity index (χ3n) is 3.46. The molecule has 0 aliphatic rings. The first-order chi connectivity index (χ1) is 12.3. The normalized spacial score (nSPS) is 12.0. The molecule has 0 saturated heterocycles. The summed E-state index contributed by atoms with van der Waals surface area (Å²) in [6.07, 6.45) is -1.28. The van der Waals surface area contributed by atoms with E-state index in [0.29, 0.717) is 11.1 Å². The SMILES string of the molecule is Fc1ccc(/C=C/c2nnc(Cc3cccc(C(F)(F)F)c3)o2)c(Cl)c1. The van der Waals surface area contributed by atoms with Gasteiger partial charge in [-0.2, -0.15) is 13.2 Å². The molecule has 1 heterocycles. The summed E-state index contributed by atoms with van der Waals surface area (Å²) in [7, 11) is 0. The quantitative estimate of drug-likeness (QED) is 0.548. The fourth-order valence-corrected chi connectivity index (χ4v) is 2.47. The van der Waals surface area contributed by atoms with Crippen molar-refractivity contribution < 1.29 is 22.0 Å². The highest BCUT2D eigenvalue weighted by atomic mass is 35.5. The summed E-state index contributed by atoms with van der Waals surface area (Å²) in [6, 6.07) is 8.84. The summed E-state index contributed by atoms with van der Waals surface area (Å²) < 4.78 is 56.6. The van der Waals surface area contributed by atoms with Crippen LogP contribution in [0.15, 0.2) is 46.9 Å². The van der Waals surface area contributed by atoms with Crippen molar-refractivity contribution in [3.8, 4) is 0 Å². The number of benzene rings is 2. The minimum Gasteiger partial charge on any atom is -0.421 e. The molecule has 0 atom stereocenters. The number of alkyl halides is 3. The molecule has 0 amide bonds. The van der Waals surface area contributed by atoms with Crippen molar-refractivity contribution in [1.82, 2.24) is 10.2 Å². The van der Waals surface area contributed by atoms with E-state index >= 15 is 0 Å². The predicted octanol–water partition coefficient (Wildman–Crippen LogP) is 5.64. The van der Waals surface area contributed by atoms with E-state index in [1.165, 1.54) is 30.3 Å². The lowest BCUT2D eigenvalue weighted by Gasteiger charge is -2.07. The Kier molecular flexibility index (Phi) is 5.08. The largest absolute Gasteiger partial charge is 0.421 e. The summed E-state index contributed by atoms with van der Waals surface area (Å²) in [6.45, 7) is 0. The van der Waals surface area contributed by atoms with Crippen LogP contribution in [0.25, 0.3) is 12.2 Å². The molecule has 3 aromatic rings. The number of halogens is 5. The minimum atomic E-state index is -4.41. The zero-order valence-corrected chi connectivity index (χ0v) is 13.9. The lowest BCUT2D eigenvalue weighted by molar-refractivity contribution is -0.137. The van der Waals surface area contributed by atoms with Crippen molar-refractivity contribution in [1.29, 1.82) is 0 Å². The Bertz CT molecular complexity index is 950. The number of hydrogen-bond acceptors (Lipinski definition) is 3. The molecule has 0 bridgehead atoms. The van der Waals surface area contributed by atoms with E-state index < -0.39 is 17.6 Å². The monoisotopic (exact) mass is 382 g/mol. The van der Waals surface area contributed by atoms with Crippen LogP contribution in [0.5, 0.6) is 0 Å². The number of rotatable bonds is 4. The maximum atomic E-state index is 13.0. The van der Waals surface area contributed by atoms with Crippen molar-refractivity contribution in [2.45, 2.75) is 12.6 Å². The van der Waals surface area contributed by atoms with Crippen molar-refractivity contribution in [2.75, 3.05) is 0 Å². The van der Waals surface area contributed by atoms with Gasteiger partial charge in [-0.25, -0.2) is 4.39 Å². The van der Waals surface area contributed by atoms with Crippen LogP contribution >= 0.6 is 11.6 Å². The van der Waals surface area contributed by atoms with Crippen LogP contribution in [0, 0.1) is 5.82 Å². The van der Waals surface area contributed by atoms with E-state index in [0.717, 1.165) is 12.1 Å². The molecular formula is C18H11ClF4N2O. The number of aromatic nitrogens is 2. The van der Waals surface area contributed by atoms with Crippen LogP contribution < -0.4 is 0 Å². The van der Waals surface area contributed by atoms with E-state index in [1.54, 1.807) is 12.1 Å². The van der Waals surface area contributed by atoms with Gasteiger partial charge in [0.15, 0.2) is 0 Å². The predicted molar refractivity (Wildman–Crippen MR) is 88.9 cm³/mol. The first-order valence-electron chi connectivity index (χ1n) is 7.43. The Hall–Kier alpha value is -2.67. The molecule has 0 spiro atoms. The average Bonchev–Trinajstić information content (AvgIpc) is 3.01. The molecule has 0 aliphatic heterocycles. The second-order valence-electron chi connectivity index (χ2n) is 5.41. The highest BCUT2D eigenvalue weighted by molar-refractivity contribution is 6.32. The van der Waals surface area contributed by atoms with Crippen molar-refractivity contribution >= 4 is 23.8 Å². The van der Waals surface area contributed by atoms with Crippen molar-refractivity contribution in [2.24, 2.45) is 0 Å². The Labute approximate surface area is 150 Å². The van der Waals surface area contributed by atoms with Gasteiger partial charge in [0.1, 0.15) is 5.82 Å².